The van der Waals surface area contributed by atoms with Gasteiger partial charge in [-0.25, -0.2) is 14.4 Å². The summed E-state index contributed by atoms with van der Waals surface area (Å²) < 4.78 is 48.1. The lowest BCUT2D eigenvalue weighted by atomic mass is 9.79. The highest BCUT2D eigenvalue weighted by molar-refractivity contribution is 9.10. The fourth-order valence-corrected chi connectivity index (χ4v) is 2.28. The maximum atomic E-state index is 14.6. The quantitative estimate of drug-likeness (QED) is 0.733. The van der Waals surface area contributed by atoms with Crippen molar-refractivity contribution in [2.24, 2.45) is 4.99 Å². The van der Waals surface area contributed by atoms with Crippen molar-refractivity contribution >= 4 is 22.3 Å². The second-order valence-electron chi connectivity index (χ2n) is 4.97. The third kappa shape index (κ3) is 1.94. The highest BCUT2D eigenvalue weighted by Crippen LogP contribution is 2.50. The summed E-state index contributed by atoms with van der Waals surface area (Å²) in [6.45, 7) is 3.60. The molecule has 104 valence electrons. The van der Waals surface area contributed by atoms with Crippen molar-refractivity contribution in [3.05, 3.63) is 28.2 Å². The minimum absolute atomic E-state index is 0.264. The fourth-order valence-electron chi connectivity index (χ4n) is 1.97. The third-order valence-corrected chi connectivity index (χ3v) is 3.74. The van der Waals surface area contributed by atoms with Crippen LogP contribution in [0.15, 0.2) is 21.7 Å². The molecule has 0 fully saturated rings. The second kappa shape index (κ2) is 4.19. The molecule has 1 aromatic heterocycles. The van der Waals surface area contributed by atoms with Crippen LogP contribution in [0.4, 0.5) is 13.2 Å². The van der Waals surface area contributed by atoms with Crippen molar-refractivity contribution in [2.75, 3.05) is 0 Å². The number of nitrogens with zero attached hydrogens (tertiary/aromatic N) is 2. The summed E-state index contributed by atoms with van der Waals surface area (Å²) in [6.07, 6.45) is 0.930. The largest absolute Gasteiger partial charge is 0.471 e. The number of hydrogen-bond donors (Lipinski definition) is 0. The van der Waals surface area contributed by atoms with E-state index in [0.29, 0.717) is 0 Å². The zero-order valence-corrected chi connectivity index (χ0v) is 12.1. The van der Waals surface area contributed by atoms with E-state index in [0.717, 1.165) is 19.4 Å². The average Bonchev–Trinajstić information content (AvgIpc) is 2.29. The molecule has 0 amide bonds. The molecule has 0 radical (unpaired) electrons. The summed E-state index contributed by atoms with van der Waals surface area (Å²) in [5, 5.41) is 0. The van der Waals surface area contributed by atoms with Crippen LogP contribution in [-0.4, -0.2) is 22.9 Å². The van der Waals surface area contributed by atoms with Crippen molar-refractivity contribution in [2.45, 2.75) is 37.8 Å². The molecule has 0 aliphatic carbocycles. The van der Waals surface area contributed by atoms with E-state index in [9.17, 15) is 13.2 Å². The molecule has 1 aliphatic rings. The summed E-state index contributed by atoms with van der Waals surface area (Å²) in [4.78, 5) is 7.48. The molecule has 1 aromatic rings. The Hall–Kier alpha value is -1.11. The molecule has 0 saturated carbocycles. The van der Waals surface area contributed by atoms with Gasteiger partial charge >= 0.3 is 5.92 Å². The lowest BCUT2D eigenvalue weighted by molar-refractivity contribution is -0.205. The molecule has 0 unspecified atom stereocenters. The van der Waals surface area contributed by atoms with E-state index < -0.39 is 28.6 Å². The average molecular weight is 337 g/mol. The van der Waals surface area contributed by atoms with E-state index in [1.807, 2.05) is 0 Å². The third-order valence-electron chi connectivity index (χ3n) is 3.30. The number of hydrogen-bond acceptors (Lipinski definition) is 3. The van der Waals surface area contributed by atoms with Gasteiger partial charge in [0.25, 0.3) is 0 Å². The maximum Gasteiger partial charge on any atom is 0.316 e. The molecule has 0 N–H and O–H groups in total. The molecule has 7 heteroatoms. The van der Waals surface area contributed by atoms with Gasteiger partial charge in [-0.3, -0.25) is 0 Å². The maximum absolute atomic E-state index is 14.6. The van der Waals surface area contributed by atoms with Gasteiger partial charge in [-0.2, -0.15) is 8.78 Å². The van der Waals surface area contributed by atoms with Gasteiger partial charge in [0.1, 0.15) is 16.1 Å². The number of aliphatic imine (C=N–C) groups is 1. The SMILES string of the molecule is CC1(C)OC=N[C@](C)(c2nc(Br)ccc2F)C1(F)F. The van der Waals surface area contributed by atoms with E-state index in [1.54, 1.807) is 0 Å². The van der Waals surface area contributed by atoms with Gasteiger partial charge in [0, 0.05) is 0 Å². The molecule has 0 bridgehead atoms. The topological polar surface area (TPSA) is 34.5 Å². The van der Waals surface area contributed by atoms with Crippen LogP contribution in [0.1, 0.15) is 26.5 Å². The van der Waals surface area contributed by atoms with E-state index >= 15 is 0 Å². The number of halogens is 4. The van der Waals surface area contributed by atoms with Crippen molar-refractivity contribution in [3.63, 3.8) is 0 Å². The Morgan fingerprint density at radius 3 is 2.47 bits per heavy atom. The van der Waals surface area contributed by atoms with Gasteiger partial charge in [0.2, 0.25) is 0 Å². The summed E-state index contributed by atoms with van der Waals surface area (Å²) in [5.74, 6) is -4.26. The van der Waals surface area contributed by atoms with E-state index in [1.165, 1.54) is 19.9 Å². The first-order valence-corrected chi connectivity index (χ1v) is 6.33. The first-order valence-electron chi connectivity index (χ1n) is 5.54. The molecule has 1 aliphatic heterocycles. The minimum Gasteiger partial charge on any atom is -0.471 e. The minimum atomic E-state index is -3.43. The summed E-state index contributed by atoms with van der Waals surface area (Å²) in [7, 11) is 0. The molecule has 0 aromatic carbocycles. The summed E-state index contributed by atoms with van der Waals surface area (Å²) in [5.41, 5.74) is -4.35. The summed E-state index contributed by atoms with van der Waals surface area (Å²) in [6, 6.07) is 2.42. The number of pyridine rings is 1. The van der Waals surface area contributed by atoms with Gasteiger partial charge in [-0.05, 0) is 48.8 Å². The monoisotopic (exact) mass is 336 g/mol. The standard InChI is InChI=1S/C12H12BrF3N2O/c1-10(2)12(15,16)11(3,17-6-19-10)9-7(14)4-5-8(13)18-9/h4-6H,1-3H3/t11-/m1/s1. The number of rotatable bonds is 1. The Morgan fingerprint density at radius 1 is 1.21 bits per heavy atom. The van der Waals surface area contributed by atoms with Crippen molar-refractivity contribution in [3.8, 4) is 0 Å². The molecule has 0 spiro atoms. The van der Waals surface area contributed by atoms with E-state index in [-0.39, 0.29) is 4.60 Å². The molecule has 2 rings (SSSR count). The van der Waals surface area contributed by atoms with Crippen LogP contribution in [-0.2, 0) is 10.3 Å². The second-order valence-corrected chi connectivity index (χ2v) is 5.79. The van der Waals surface area contributed by atoms with Crippen molar-refractivity contribution < 1.29 is 17.9 Å². The van der Waals surface area contributed by atoms with Gasteiger partial charge < -0.3 is 4.74 Å². The van der Waals surface area contributed by atoms with Crippen LogP contribution in [0.3, 0.4) is 0 Å². The highest BCUT2D eigenvalue weighted by atomic mass is 79.9. The Morgan fingerprint density at radius 2 is 1.84 bits per heavy atom. The number of aromatic nitrogens is 1. The van der Waals surface area contributed by atoms with Gasteiger partial charge in [-0.15, -0.1) is 0 Å². The van der Waals surface area contributed by atoms with Crippen molar-refractivity contribution in [1.29, 1.82) is 0 Å². The molecule has 19 heavy (non-hydrogen) atoms. The lowest BCUT2D eigenvalue weighted by Gasteiger charge is -2.45. The zero-order valence-electron chi connectivity index (χ0n) is 10.5. The predicted octanol–water partition coefficient (Wildman–Crippen LogP) is 3.67. The predicted molar refractivity (Wildman–Crippen MR) is 67.9 cm³/mol. The van der Waals surface area contributed by atoms with Crippen LogP contribution in [0.5, 0.6) is 0 Å². The first kappa shape index (κ1) is 14.3. The van der Waals surface area contributed by atoms with E-state index in [4.69, 9.17) is 4.74 Å². The molecule has 1 atom stereocenters. The lowest BCUT2D eigenvalue weighted by Crippen LogP contribution is -2.60. The van der Waals surface area contributed by atoms with Gasteiger partial charge in [0.05, 0.1) is 0 Å². The fraction of sp³-hybridized carbons (Fsp3) is 0.500. The van der Waals surface area contributed by atoms with Crippen LogP contribution in [0.2, 0.25) is 0 Å². The smallest absolute Gasteiger partial charge is 0.316 e. The van der Waals surface area contributed by atoms with E-state index in [2.05, 4.69) is 25.9 Å². The number of alkyl halides is 2. The first-order chi connectivity index (χ1) is 8.62. The Balaban J connectivity index is 2.68. The Labute approximate surface area is 117 Å². The van der Waals surface area contributed by atoms with Crippen molar-refractivity contribution in [1.82, 2.24) is 4.98 Å². The summed E-state index contributed by atoms with van der Waals surface area (Å²) >= 11 is 3.05. The molecule has 2 heterocycles. The van der Waals surface area contributed by atoms with Crippen LogP contribution < -0.4 is 0 Å². The van der Waals surface area contributed by atoms with Crippen LogP contribution >= 0.6 is 15.9 Å². The molecule has 0 saturated heterocycles. The zero-order chi connectivity index (χ0) is 14.5. The Kier molecular flexibility index (Phi) is 3.16. The molecular formula is C12H12BrF3N2O. The van der Waals surface area contributed by atoms with Gasteiger partial charge in [0.15, 0.2) is 17.5 Å². The highest BCUT2D eigenvalue weighted by Gasteiger charge is 2.65. The molecule has 3 nitrogen and oxygen atoms in total. The normalized spacial score (nSPS) is 27.9. The van der Waals surface area contributed by atoms with Gasteiger partial charge in [-0.1, -0.05) is 0 Å². The Bertz CT molecular complexity index is 548. The van der Waals surface area contributed by atoms with Crippen LogP contribution in [0.25, 0.3) is 0 Å². The van der Waals surface area contributed by atoms with Crippen LogP contribution in [0, 0.1) is 5.82 Å². The number of ether oxygens (including phenoxy) is 1. The molecular weight excluding hydrogens is 325 g/mol.